The van der Waals surface area contributed by atoms with E-state index in [0.29, 0.717) is 6.20 Å². The lowest BCUT2D eigenvalue weighted by Gasteiger charge is -2.28. The van der Waals surface area contributed by atoms with Crippen molar-refractivity contribution >= 4 is 29.8 Å². The highest BCUT2D eigenvalue weighted by atomic mass is 19.4. The molecule has 1 aliphatic rings. The molecule has 13 heteroatoms. The fourth-order valence-electron chi connectivity index (χ4n) is 2.19. The van der Waals surface area contributed by atoms with Crippen molar-refractivity contribution in [3.63, 3.8) is 0 Å². The number of nitrogens with zero attached hydrogens (tertiary/aromatic N) is 4. The van der Waals surface area contributed by atoms with Crippen LogP contribution in [0.5, 0.6) is 0 Å². The number of alkyl halides is 3. The van der Waals surface area contributed by atoms with Crippen molar-refractivity contribution in [2.75, 3.05) is 18.7 Å². The predicted molar refractivity (Wildman–Crippen MR) is 85.5 cm³/mol. The lowest BCUT2D eigenvalue weighted by molar-refractivity contribution is -0.141. The fourth-order valence-corrected chi connectivity index (χ4v) is 2.19. The molecule has 0 radical (unpaired) electrons. The molecule has 1 aromatic rings. The number of hydrogen-bond donors (Lipinski definition) is 1. The normalized spacial score (nSPS) is 14.1. The molecule has 2 heterocycles. The number of carbonyl (C=O) groups excluding carboxylic acids is 4. The van der Waals surface area contributed by atoms with E-state index in [1.54, 1.807) is 0 Å². The molecule has 10 nitrogen and oxygen atoms in total. The van der Waals surface area contributed by atoms with Gasteiger partial charge in [-0.05, 0) is 13.8 Å². The number of ether oxygens (including phenoxy) is 1. The van der Waals surface area contributed by atoms with Crippen LogP contribution >= 0.6 is 0 Å². The topological polar surface area (TPSA) is 122 Å². The number of amides is 4. The van der Waals surface area contributed by atoms with Crippen molar-refractivity contribution < 1.29 is 37.1 Å². The zero-order chi connectivity index (χ0) is 21.2. The van der Waals surface area contributed by atoms with Gasteiger partial charge in [-0.25, -0.2) is 19.6 Å². The first kappa shape index (κ1) is 20.8. The van der Waals surface area contributed by atoms with Crippen LogP contribution in [0.25, 0.3) is 0 Å². The van der Waals surface area contributed by atoms with Crippen LogP contribution in [0, 0.1) is 0 Å². The van der Waals surface area contributed by atoms with Crippen LogP contribution in [-0.4, -0.2) is 52.4 Å². The van der Waals surface area contributed by atoms with Crippen LogP contribution < -0.4 is 10.3 Å². The number of nitrogens with one attached hydrogen (secondary N) is 1. The van der Waals surface area contributed by atoms with E-state index < -0.39 is 47.2 Å². The number of esters is 1. The minimum atomic E-state index is -5.11. The summed E-state index contributed by atoms with van der Waals surface area (Å²) < 4.78 is 44.7. The molecule has 0 bridgehead atoms. The molecule has 0 atom stereocenters. The Kier molecular flexibility index (Phi) is 5.66. The van der Waals surface area contributed by atoms with Gasteiger partial charge in [0.25, 0.3) is 17.8 Å². The third kappa shape index (κ3) is 3.77. The van der Waals surface area contributed by atoms with E-state index in [1.165, 1.54) is 13.8 Å². The van der Waals surface area contributed by atoms with Crippen LogP contribution in [0.15, 0.2) is 17.8 Å². The number of rotatable bonds is 4. The van der Waals surface area contributed by atoms with Crippen LogP contribution in [0.3, 0.4) is 0 Å². The summed E-state index contributed by atoms with van der Waals surface area (Å²) >= 11 is 0. The summed E-state index contributed by atoms with van der Waals surface area (Å²) in [5, 5.41) is 2.61. The van der Waals surface area contributed by atoms with E-state index >= 15 is 0 Å². The Bertz CT molecular complexity index is 883. The van der Waals surface area contributed by atoms with E-state index in [1.807, 2.05) is 0 Å². The maximum atomic E-state index is 13.4. The molecule has 0 unspecified atom stereocenters. The van der Waals surface area contributed by atoms with Crippen LogP contribution in [0.4, 0.5) is 23.9 Å². The highest BCUT2D eigenvalue weighted by Crippen LogP contribution is 2.32. The minimum absolute atomic E-state index is 0.0434. The average molecular weight is 401 g/mol. The second-order valence-corrected chi connectivity index (χ2v) is 5.30. The first-order chi connectivity index (χ1) is 13.0. The van der Waals surface area contributed by atoms with Gasteiger partial charge in [-0.1, -0.05) is 0 Å². The molecule has 0 fully saturated rings. The van der Waals surface area contributed by atoms with Crippen LogP contribution in [0.2, 0.25) is 0 Å². The molecule has 0 spiro atoms. The van der Waals surface area contributed by atoms with Gasteiger partial charge >= 0.3 is 18.2 Å². The third-order valence-electron chi connectivity index (χ3n) is 3.41. The summed E-state index contributed by atoms with van der Waals surface area (Å²) in [5.74, 6) is -4.18. The maximum absolute atomic E-state index is 13.4. The molecule has 0 saturated heterocycles. The van der Waals surface area contributed by atoms with Crippen molar-refractivity contribution in [2.24, 2.45) is 0 Å². The maximum Gasteiger partial charge on any atom is 0.434 e. The summed E-state index contributed by atoms with van der Waals surface area (Å²) in [7, 11) is 1.12. The highest BCUT2D eigenvalue weighted by Gasteiger charge is 2.42. The highest BCUT2D eigenvalue weighted by molar-refractivity contribution is 6.19. The second-order valence-electron chi connectivity index (χ2n) is 5.30. The Labute approximate surface area is 155 Å². The van der Waals surface area contributed by atoms with Crippen molar-refractivity contribution in [2.45, 2.75) is 20.0 Å². The number of aromatic nitrogens is 2. The first-order valence-electron chi connectivity index (χ1n) is 7.72. The molecule has 4 amide bonds. The number of hydrogen-bond acceptors (Lipinski definition) is 7. The zero-order valence-electron chi connectivity index (χ0n) is 14.8. The Morgan fingerprint density at radius 2 is 1.96 bits per heavy atom. The number of carbonyl (C=O) groups is 4. The Morgan fingerprint density at radius 1 is 1.32 bits per heavy atom. The van der Waals surface area contributed by atoms with Crippen LogP contribution in [0.1, 0.15) is 29.9 Å². The smallest absolute Gasteiger partial charge is 0.434 e. The SMILES string of the molecule is CCOC(=O)c1cnc(N(C(=O)NC)N2C(=O)C=C(C)C2=O)nc1C(F)(F)F. The van der Waals surface area contributed by atoms with Gasteiger partial charge in [-0.2, -0.15) is 23.2 Å². The molecule has 2 rings (SSSR count). The Morgan fingerprint density at radius 3 is 2.43 bits per heavy atom. The molecule has 150 valence electrons. The number of anilines is 1. The number of urea groups is 1. The monoisotopic (exact) mass is 401 g/mol. The van der Waals surface area contributed by atoms with Gasteiger partial charge < -0.3 is 10.1 Å². The lowest BCUT2D eigenvalue weighted by Crippen LogP contribution is -2.54. The van der Waals surface area contributed by atoms with E-state index in [-0.39, 0.29) is 22.2 Å². The first-order valence-corrected chi connectivity index (χ1v) is 7.72. The van der Waals surface area contributed by atoms with Crippen molar-refractivity contribution in [3.05, 3.63) is 29.1 Å². The van der Waals surface area contributed by atoms with Gasteiger partial charge in [-0.15, -0.1) is 0 Å². The Balaban J connectivity index is 2.62. The molecule has 1 aromatic heterocycles. The van der Waals surface area contributed by atoms with E-state index in [0.717, 1.165) is 13.1 Å². The number of halogens is 3. The lowest BCUT2D eigenvalue weighted by atomic mass is 10.2. The van der Waals surface area contributed by atoms with Gasteiger partial charge in [0.1, 0.15) is 5.56 Å². The van der Waals surface area contributed by atoms with Crippen molar-refractivity contribution in [1.82, 2.24) is 20.3 Å². The summed E-state index contributed by atoms with van der Waals surface area (Å²) in [6.45, 7) is 2.49. The standard InChI is InChI=1S/C15H14F3N5O5/c1-4-28-12(26)8-6-20-13(21-10(8)15(16,17)18)23(14(27)19-3)22-9(24)5-7(2)11(22)25/h5-6H,4H2,1-3H3,(H,19,27). The van der Waals surface area contributed by atoms with E-state index in [4.69, 9.17) is 0 Å². The van der Waals surface area contributed by atoms with Gasteiger partial charge in [-0.3, -0.25) is 9.59 Å². The van der Waals surface area contributed by atoms with Crippen molar-refractivity contribution in [1.29, 1.82) is 0 Å². The molecular formula is C15H14F3N5O5. The second kappa shape index (κ2) is 7.62. The zero-order valence-corrected chi connectivity index (χ0v) is 14.8. The van der Waals surface area contributed by atoms with Gasteiger partial charge in [0.05, 0.1) is 6.61 Å². The molecular weight excluding hydrogens is 387 g/mol. The van der Waals surface area contributed by atoms with Crippen molar-refractivity contribution in [3.8, 4) is 0 Å². The van der Waals surface area contributed by atoms with Gasteiger partial charge in [0.15, 0.2) is 5.69 Å². The molecule has 1 aliphatic heterocycles. The minimum Gasteiger partial charge on any atom is -0.462 e. The molecule has 0 aliphatic carbocycles. The van der Waals surface area contributed by atoms with E-state index in [9.17, 15) is 32.3 Å². The number of imide groups is 1. The van der Waals surface area contributed by atoms with Crippen LogP contribution in [-0.2, 0) is 20.5 Å². The van der Waals surface area contributed by atoms with E-state index in [2.05, 4.69) is 20.0 Å². The summed E-state index contributed by atoms with van der Waals surface area (Å²) in [5.41, 5.74) is -2.71. The average Bonchev–Trinajstić information content (AvgIpc) is 2.87. The van der Waals surface area contributed by atoms with Gasteiger partial charge in [0, 0.05) is 24.9 Å². The molecule has 0 saturated carbocycles. The fraction of sp³-hybridized carbons (Fsp3) is 0.333. The summed E-state index contributed by atoms with van der Waals surface area (Å²) in [4.78, 5) is 54.9. The Hall–Kier alpha value is -3.51. The molecule has 1 N–H and O–H groups in total. The predicted octanol–water partition coefficient (Wildman–Crippen LogP) is 1.05. The largest absolute Gasteiger partial charge is 0.462 e. The molecule has 28 heavy (non-hydrogen) atoms. The number of hydrazine groups is 1. The third-order valence-corrected chi connectivity index (χ3v) is 3.41. The summed E-state index contributed by atoms with van der Waals surface area (Å²) in [6, 6.07) is -1.15. The van der Waals surface area contributed by atoms with Gasteiger partial charge in [0.2, 0.25) is 0 Å². The summed E-state index contributed by atoms with van der Waals surface area (Å²) in [6.07, 6.45) is -3.71. The quantitative estimate of drug-likeness (QED) is 0.591. The molecule has 0 aromatic carbocycles.